The number of sulfonamides is 1. The number of ketones is 1. The minimum atomic E-state index is -4.58. The molecule has 0 aromatic heterocycles. The zero-order valence-corrected chi connectivity index (χ0v) is 14.7. The standard InChI is InChI=1S/C14H15F3N2O4S2/c1-9(20)10-2-4-11(5-3-10)25(22,23)19-8-24-6-12(19)13(21)18-7-14(15,16)17/h2-5,12H,6-8H2,1H3,(H,18,21)/t12-/m1/s1. The van der Waals surface area contributed by atoms with E-state index >= 15 is 0 Å². The summed E-state index contributed by atoms with van der Waals surface area (Å²) in [6, 6.07) is 3.94. The summed E-state index contributed by atoms with van der Waals surface area (Å²) in [5.41, 5.74) is 0.328. The van der Waals surface area contributed by atoms with Gasteiger partial charge in [0.1, 0.15) is 12.6 Å². The molecule has 0 spiro atoms. The highest BCUT2D eigenvalue weighted by atomic mass is 32.2. The molecule has 0 aliphatic carbocycles. The second kappa shape index (κ2) is 7.34. The minimum absolute atomic E-state index is 0.0408. The van der Waals surface area contributed by atoms with Gasteiger partial charge in [0.2, 0.25) is 15.9 Å². The molecule has 1 atom stereocenters. The number of rotatable bonds is 5. The van der Waals surface area contributed by atoms with Gasteiger partial charge in [0.15, 0.2) is 5.78 Å². The molecule has 138 valence electrons. The predicted octanol–water partition coefficient (Wildman–Crippen LogP) is 1.63. The molecule has 1 amide bonds. The van der Waals surface area contributed by atoms with E-state index in [9.17, 15) is 31.2 Å². The van der Waals surface area contributed by atoms with E-state index in [0.717, 1.165) is 16.1 Å². The van der Waals surface area contributed by atoms with E-state index in [1.165, 1.54) is 31.2 Å². The fourth-order valence-corrected chi connectivity index (χ4v) is 5.32. The van der Waals surface area contributed by atoms with Crippen molar-refractivity contribution in [2.45, 2.75) is 24.0 Å². The molecule has 0 unspecified atom stereocenters. The summed E-state index contributed by atoms with van der Waals surface area (Å²) < 4.78 is 62.8. The van der Waals surface area contributed by atoms with E-state index < -0.39 is 34.7 Å². The average molecular weight is 396 g/mol. The van der Waals surface area contributed by atoms with Crippen LogP contribution in [0.5, 0.6) is 0 Å². The van der Waals surface area contributed by atoms with Gasteiger partial charge in [-0.2, -0.15) is 17.5 Å². The molecule has 6 nitrogen and oxygen atoms in total. The van der Waals surface area contributed by atoms with Crippen molar-refractivity contribution in [3.05, 3.63) is 29.8 Å². The monoisotopic (exact) mass is 396 g/mol. The first-order valence-electron chi connectivity index (χ1n) is 7.07. The first kappa shape index (κ1) is 19.7. The van der Waals surface area contributed by atoms with Gasteiger partial charge in [-0.15, -0.1) is 11.8 Å². The lowest BCUT2D eigenvalue weighted by Gasteiger charge is -2.23. The van der Waals surface area contributed by atoms with Crippen LogP contribution in [0, 0.1) is 0 Å². The predicted molar refractivity (Wildman–Crippen MR) is 85.6 cm³/mol. The Morgan fingerprint density at radius 2 is 1.88 bits per heavy atom. The normalized spacial score (nSPS) is 19.0. The summed E-state index contributed by atoms with van der Waals surface area (Å²) >= 11 is 1.13. The molecule has 1 N–H and O–H groups in total. The summed E-state index contributed by atoms with van der Waals surface area (Å²) in [5.74, 6) is -1.20. The van der Waals surface area contributed by atoms with Gasteiger partial charge < -0.3 is 5.32 Å². The fraction of sp³-hybridized carbons (Fsp3) is 0.429. The number of hydrogen-bond donors (Lipinski definition) is 1. The highest BCUT2D eigenvalue weighted by molar-refractivity contribution is 8.00. The molecule has 0 bridgehead atoms. The molecule has 11 heteroatoms. The first-order valence-corrected chi connectivity index (χ1v) is 9.67. The van der Waals surface area contributed by atoms with Gasteiger partial charge in [0, 0.05) is 11.3 Å². The number of carbonyl (C=O) groups is 2. The van der Waals surface area contributed by atoms with Gasteiger partial charge in [-0.3, -0.25) is 9.59 Å². The van der Waals surface area contributed by atoms with Crippen molar-refractivity contribution in [2.75, 3.05) is 18.2 Å². The molecule has 0 radical (unpaired) electrons. The van der Waals surface area contributed by atoms with Crippen molar-refractivity contribution >= 4 is 33.5 Å². The minimum Gasteiger partial charge on any atom is -0.346 e. The Kier molecular flexibility index (Phi) is 5.79. The van der Waals surface area contributed by atoms with E-state index in [1.807, 2.05) is 0 Å². The number of amides is 1. The lowest BCUT2D eigenvalue weighted by molar-refractivity contribution is -0.140. The van der Waals surface area contributed by atoms with Crippen molar-refractivity contribution in [2.24, 2.45) is 0 Å². The van der Waals surface area contributed by atoms with Crippen LogP contribution in [0.15, 0.2) is 29.2 Å². The number of nitrogens with zero attached hydrogens (tertiary/aromatic N) is 1. The van der Waals surface area contributed by atoms with E-state index in [4.69, 9.17) is 0 Å². The molecule has 25 heavy (non-hydrogen) atoms. The highest BCUT2D eigenvalue weighted by Crippen LogP contribution is 2.28. The quantitative estimate of drug-likeness (QED) is 0.765. The maximum atomic E-state index is 12.7. The van der Waals surface area contributed by atoms with Crippen molar-refractivity contribution in [1.82, 2.24) is 9.62 Å². The van der Waals surface area contributed by atoms with E-state index in [2.05, 4.69) is 0 Å². The second-order valence-electron chi connectivity index (χ2n) is 5.32. The smallest absolute Gasteiger partial charge is 0.346 e. The van der Waals surface area contributed by atoms with Crippen molar-refractivity contribution in [3.63, 3.8) is 0 Å². The largest absolute Gasteiger partial charge is 0.405 e. The Hall–Kier alpha value is -1.59. The lowest BCUT2D eigenvalue weighted by Crippen LogP contribution is -2.49. The molecule has 0 saturated carbocycles. The van der Waals surface area contributed by atoms with Crippen molar-refractivity contribution in [3.8, 4) is 0 Å². The summed E-state index contributed by atoms with van der Waals surface area (Å²) in [7, 11) is -4.07. The maximum Gasteiger partial charge on any atom is 0.405 e. The number of halogens is 3. The molecule has 1 fully saturated rings. The third-order valence-corrected chi connectivity index (χ3v) is 6.52. The van der Waals surface area contributed by atoms with Crippen LogP contribution in [0.3, 0.4) is 0 Å². The number of hydrogen-bond acceptors (Lipinski definition) is 5. The zero-order valence-electron chi connectivity index (χ0n) is 13.0. The van der Waals surface area contributed by atoms with Gasteiger partial charge in [0.05, 0.1) is 10.8 Å². The topological polar surface area (TPSA) is 83.6 Å². The van der Waals surface area contributed by atoms with Gasteiger partial charge in [0.25, 0.3) is 0 Å². The van der Waals surface area contributed by atoms with Gasteiger partial charge in [-0.1, -0.05) is 12.1 Å². The highest BCUT2D eigenvalue weighted by Gasteiger charge is 2.41. The fourth-order valence-electron chi connectivity index (χ4n) is 2.17. The molecule has 2 rings (SSSR count). The van der Waals surface area contributed by atoms with Crippen LogP contribution in [0.4, 0.5) is 13.2 Å². The summed E-state index contributed by atoms with van der Waals surface area (Å²) in [5, 5.41) is 1.71. The molecule has 1 saturated heterocycles. The third-order valence-electron chi connectivity index (χ3n) is 3.48. The Balaban J connectivity index is 2.19. The number of thioether (sulfide) groups is 1. The molecular formula is C14H15F3N2O4S2. The molecule has 1 heterocycles. The number of alkyl halides is 3. The summed E-state index contributed by atoms with van der Waals surface area (Å²) in [4.78, 5) is 23.1. The molecule has 1 aliphatic heterocycles. The van der Waals surface area contributed by atoms with Crippen LogP contribution in [-0.2, 0) is 14.8 Å². The lowest BCUT2D eigenvalue weighted by atomic mass is 10.2. The van der Waals surface area contributed by atoms with Crippen LogP contribution in [0.2, 0.25) is 0 Å². The first-order chi connectivity index (χ1) is 11.5. The van der Waals surface area contributed by atoms with Crippen LogP contribution in [0.1, 0.15) is 17.3 Å². The second-order valence-corrected chi connectivity index (χ2v) is 8.21. The van der Waals surface area contributed by atoms with Crippen molar-refractivity contribution < 1.29 is 31.2 Å². The molecule has 1 aromatic carbocycles. The molecular weight excluding hydrogens is 381 g/mol. The van der Waals surface area contributed by atoms with E-state index in [1.54, 1.807) is 5.32 Å². The number of carbonyl (C=O) groups excluding carboxylic acids is 2. The summed E-state index contributed by atoms with van der Waals surface area (Å²) in [6.45, 7) is -0.185. The number of benzene rings is 1. The molecule has 1 aliphatic rings. The Bertz CT molecular complexity index is 763. The van der Waals surface area contributed by atoms with E-state index in [0.29, 0.717) is 5.56 Å². The van der Waals surface area contributed by atoms with Gasteiger partial charge >= 0.3 is 6.18 Å². The van der Waals surface area contributed by atoms with Crippen LogP contribution >= 0.6 is 11.8 Å². The van der Waals surface area contributed by atoms with Crippen LogP contribution < -0.4 is 5.32 Å². The number of Topliss-reactive ketones (excluding diaryl/α,β-unsaturated/α-hetero) is 1. The zero-order chi connectivity index (χ0) is 18.8. The third kappa shape index (κ3) is 4.73. The Labute approximate surface area is 146 Å². The molecule has 1 aromatic rings. The van der Waals surface area contributed by atoms with Gasteiger partial charge in [-0.25, -0.2) is 8.42 Å². The Morgan fingerprint density at radius 3 is 2.40 bits per heavy atom. The van der Waals surface area contributed by atoms with Crippen LogP contribution in [-0.4, -0.2) is 54.8 Å². The Morgan fingerprint density at radius 1 is 1.28 bits per heavy atom. The van der Waals surface area contributed by atoms with Crippen molar-refractivity contribution in [1.29, 1.82) is 0 Å². The SMILES string of the molecule is CC(=O)c1ccc(S(=O)(=O)N2CSC[C@@H]2C(=O)NCC(F)(F)F)cc1. The van der Waals surface area contributed by atoms with Gasteiger partial charge in [-0.05, 0) is 19.1 Å². The average Bonchev–Trinajstić information content (AvgIpc) is 3.02. The summed E-state index contributed by atoms with van der Waals surface area (Å²) in [6.07, 6.45) is -4.58. The number of nitrogens with one attached hydrogen (secondary N) is 1. The maximum absolute atomic E-state index is 12.7. The van der Waals surface area contributed by atoms with Crippen LogP contribution in [0.25, 0.3) is 0 Å². The van der Waals surface area contributed by atoms with E-state index in [-0.39, 0.29) is 22.3 Å².